The summed E-state index contributed by atoms with van der Waals surface area (Å²) < 4.78 is 39.2. The summed E-state index contributed by atoms with van der Waals surface area (Å²) in [6.45, 7) is -1.78. The summed E-state index contributed by atoms with van der Waals surface area (Å²) in [7, 11) is 1.33. The third kappa shape index (κ3) is 8.07. The van der Waals surface area contributed by atoms with Crippen LogP contribution in [0.1, 0.15) is 5.56 Å². The number of aliphatic hydroxyl groups is 6. The van der Waals surface area contributed by atoms with Crippen molar-refractivity contribution in [2.45, 2.75) is 61.4 Å². The Hall–Kier alpha value is -5.48. The average Bonchev–Trinajstić information content (AvgIpc) is 3.17. The number of phenols is 4. The SMILES string of the molecule is COc1cc(/C=C/C(=O)O[C@@H]2[C@@H](O[C@@H]3[C@@H](O)[C@H](O)[C@@H](Oc4c(-c5ccc(O)cc5)oc5cc(O)cc(O)c5c4=O)O[C@H]3CO)O[C@@H](CO)[C@@H](O)[C@H]2O)ccc1O. The Bertz CT molecular complexity index is 2110. The van der Waals surface area contributed by atoms with Gasteiger partial charge in [-0.3, -0.25) is 4.79 Å². The number of aromatic hydroxyl groups is 4. The van der Waals surface area contributed by atoms with Gasteiger partial charge in [0.15, 0.2) is 29.7 Å². The lowest BCUT2D eigenvalue weighted by atomic mass is 9.96. The fourth-order valence-electron chi connectivity index (χ4n) is 6.19. The van der Waals surface area contributed by atoms with Crippen molar-refractivity contribution in [3.63, 3.8) is 0 Å². The van der Waals surface area contributed by atoms with Gasteiger partial charge in [0.05, 0.1) is 20.3 Å². The first kappa shape index (κ1) is 40.2. The number of esters is 1. The van der Waals surface area contributed by atoms with Crippen LogP contribution in [0.2, 0.25) is 0 Å². The largest absolute Gasteiger partial charge is 0.508 e. The maximum Gasteiger partial charge on any atom is 0.331 e. The Balaban J connectivity index is 1.26. The molecule has 0 spiro atoms. The van der Waals surface area contributed by atoms with E-state index in [1.54, 1.807) is 0 Å². The van der Waals surface area contributed by atoms with Crippen molar-refractivity contribution in [1.82, 2.24) is 0 Å². The van der Waals surface area contributed by atoms with E-state index >= 15 is 0 Å². The highest BCUT2D eigenvalue weighted by molar-refractivity contribution is 5.88. The number of aliphatic hydroxyl groups excluding tert-OH is 6. The second-order valence-corrected chi connectivity index (χ2v) is 12.8. The Morgan fingerprint density at radius 2 is 1.45 bits per heavy atom. The molecule has 0 bridgehead atoms. The fourth-order valence-corrected chi connectivity index (χ4v) is 6.19. The van der Waals surface area contributed by atoms with E-state index in [0.29, 0.717) is 5.56 Å². The molecule has 6 rings (SSSR count). The van der Waals surface area contributed by atoms with Crippen molar-refractivity contribution in [1.29, 1.82) is 0 Å². The Morgan fingerprint density at radius 1 is 0.768 bits per heavy atom. The van der Waals surface area contributed by atoms with Crippen LogP contribution in [0, 0.1) is 0 Å². The first-order valence-corrected chi connectivity index (χ1v) is 16.9. The molecule has 1 aromatic heterocycles. The van der Waals surface area contributed by atoms with Gasteiger partial charge in [-0.1, -0.05) is 6.07 Å². The molecule has 10 N–H and O–H groups in total. The monoisotopic (exact) mass is 786 g/mol. The molecule has 3 aromatic carbocycles. The van der Waals surface area contributed by atoms with Crippen LogP contribution in [0.3, 0.4) is 0 Å². The lowest BCUT2D eigenvalue weighted by molar-refractivity contribution is -0.352. The van der Waals surface area contributed by atoms with Crippen LogP contribution < -0.4 is 14.9 Å². The second kappa shape index (κ2) is 16.7. The van der Waals surface area contributed by atoms with E-state index in [1.165, 1.54) is 55.7 Å². The summed E-state index contributed by atoms with van der Waals surface area (Å²) in [5.41, 5.74) is -0.714. The van der Waals surface area contributed by atoms with Crippen molar-refractivity contribution < 1.29 is 88.7 Å². The molecule has 19 heteroatoms. The molecule has 2 aliphatic heterocycles. The minimum Gasteiger partial charge on any atom is -0.508 e. The average molecular weight is 787 g/mol. The second-order valence-electron chi connectivity index (χ2n) is 12.8. The minimum absolute atomic E-state index is 0.115. The zero-order valence-corrected chi connectivity index (χ0v) is 29.2. The van der Waals surface area contributed by atoms with Gasteiger partial charge in [0.1, 0.15) is 70.9 Å². The maximum atomic E-state index is 13.8. The van der Waals surface area contributed by atoms with Crippen LogP contribution in [0.4, 0.5) is 0 Å². The molecular formula is C37H38O19. The van der Waals surface area contributed by atoms with E-state index in [4.69, 9.17) is 32.8 Å². The van der Waals surface area contributed by atoms with Gasteiger partial charge in [0.2, 0.25) is 17.5 Å². The van der Waals surface area contributed by atoms with E-state index in [9.17, 15) is 60.7 Å². The van der Waals surface area contributed by atoms with Crippen LogP contribution in [0.5, 0.6) is 34.5 Å². The van der Waals surface area contributed by atoms with Gasteiger partial charge in [-0.05, 0) is 48.0 Å². The number of carbonyl (C=O) groups is 1. The van der Waals surface area contributed by atoms with E-state index in [0.717, 1.165) is 18.2 Å². The van der Waals surface area contributed by atoms with Crippen molar-refractivity contribution in [2.75, 3.05) is 20.3 Å². The molecule has 10 atom stereocenters. The minimum atomic E-state index is -2.09. The molecule has 0 radical (unpaired) electrons. The molecular weight excluding hydrogens is 748 g/mol. The zero-order valence-electron chi connectivity index (χ0n) is 29.2. The fraction of sp³-hybridized carbons (Fsp3) is 0.351. The van der Waals surface area contributed by atoms with E-state index in [2.05, 4.69) is 0 Å². The number of benzene rings is 3. The van der Waals surface area contributed by atoms with Crippen LogP contribution >= 0.6 is 0 Å². The molecule has 3 heterocycles. The van der Waals surface area contributed by atoms with E-state index in [-0.39, 0.29) is 34.2 Å². The summed E-state index contributed by atoms with van der Waals surface area (Å²) >= 11 is 0. The summed E-state index contributed by atoms with van der Waals surface area (Å²) in [6.07, 6.45) is -16.1. The predicted octanol–water partition coefficient (Wildman–Crippen LogP) is -0.442. The molecule has 4 aromatic rings. The topological polar surface area (TPSA) is 305 Å². The highest BCUT2D eigenvalue weighted by Gasteiger charge is 2.52. The van der Waals surface area contributed by atoms with Gasteiger partial charge >= 0.3 is 5.97 Å². The van der Waals surface area contributed by atoms with Crippen LogP contribution in [-0.2, 0) is 23.7 Å². The molecule has 0 saturated carbocycles. The Morgan fingerprint density at radius 3 is 2.12 bits per heavy atom. The lowest BCUT2D eigenvalue weighted by Gasteiger charge is -2.46. The molecule has 300 valence electrons. The van der Waals surface area contributed by atoms with E-state index < -0.39 is 109 Å². The van der Waals surface area contributed by atoms with Crippen LogP contribution in [0.15, 0.2) is 69.9 Å². The van der Waals surface area contributed by atoms with Gasteiger partial charge in [-0.15, -0.1) is 0 Å². The van der Waals surface area contributed by atoms with Gasteiger partial charge in [0.25, 0.3) is 0 Å². The van der Waals surface area contributed by atoms with E-state index in [1.807, 2.05) is 0 Å². The zero-order chi connectivity index (χ0) is 40.4. The van der Waals surface area contributed by atoms with Gasteiger partial charge in [0, 0.05) is 23.8 Å². The van der Waals surface area contributed by atoms with Crippen molar-refractivity contribution >= 4 is 23.0 Å². The summed E-state index contributed by atoms with van der Waals surface area (Å²) in [4.78, 5) is 26.7. The molecule has 56 heavy (non-hydrogen) atoms. The highest BCUT2D eigenvalue weighted by atomic mass is 16.7. The Labute approximate surface area is 315 Å². The van der Waals surface area contributed by atoms with Crippen molar-refractivity contribution in [3.05, 3.63) is 76.5 Å². The molecule has 0 unspecified atom stereocenters. The van der Waals surface area contributed by atoms with Gasteiger partial charge in [-0.2, -0.15) is 0 Å². The number of methoxy groups -OCH3 is 1. The van der Waals surface area contributed by atoms with Crippen molar-refractivity contribution in [2.24, 2.45) is 0 Å². The number of hydrogen-bond donors (Lipinski definition) is 10. The first-order chi connectivity index (χ1) is 26.7. The highest BCUT2D eigenvalue weighted by Crippen LogP contribution is 2.38. The van der Waals surface area contributed by atoms with Crippen molar-refractivity contribution in [3.8, 4) is 45.8 Å². The molecule has 0 amide bonds. The van der Waals surface area contributed by atoms with Gasteiger partial charge in [-0.25, -0.2) is 4.79 Å². The number of phenolic OH excluding ortho intramolecular Hbond substituents is 4. The smallest absolute Gasteiger partial charge is 0.331 e. The predicted molar refractivity (Wildman–Crippen MR) is 188 cm³/mol. The molecule has 2 saturated heterocycles. The quantitative estimate of drug-likeness (QED) is 0.0680. The third-order valence-electron chi connectivity index (χ3n) is 9.09. The molecule has 2 aliphatic rings. The maximum absolute atomic E-state index is 13.8. The number of hydrogen-bond acceptors (Lipinski definition) is 19. The first-order valence-electron chi connectivity index (χ1n) is 16.9. The van der Waals surface area contributed by atoms with Gasteiger partial charge < -0.3 is 83.9 Å². The Kier molecular flexibility index (Phi) is 12.0. The number of rotatable bonds is 11. The molecule has 0 aliphatic carbocycles. The number of fused-ring (bicyclic) bond motifs is 1. The normalized spacial score (nSPS) is 28.0. The van der Waals surface area contributed by atoms with Crippen LogP contribution in [0.25, 0.3) is 28.4 Å². The number of ether oxygens (including phenoxy) is 6. The molecule has 2 fully saturated rings. The summed E-state index contributed by atoms with van der Waals surface area (Å²) in [6, 6.07) is 11.4. The molecule has 19 nitrogen and oxygen atoms in total. The third-order valence-corrected chi connectivity index (χ3v) is 9.09. The summed E-state index contributed by atoms with van der Waals surface area (Å²) in [5, 5.41) is 104. The van der Waals surface area contributed by atoms with Crippen LogP contribution in [-0.4, -0.2) is 139 Å². The standard InChI is InChI=1S/C37H38O19/c1-50-21-10-15(2-8-19(21)42)3-9-25(44)54-35-29(47)27(45)23(13-38)52-37(35)55-33-24(14-39)53-36(31(49)30(33)48)56-34-28(46)26-20(43)11-18(41)12-22(26)51-32(34)16-4-6-17(40)7-5-16/h2-12,23-24,27,29-31,33,35-43,45,47-49H,13-14H2,1H3/b9-3+/t23-,24-,27+,29+,30-,31-,33-,35-,36+,37+/m0/s1. The summed E-state index contributed by atoms with van der Waals surface area (Å²) in [5.74, 6) is -3.34. The lowest BCUT2D eigenvalue weighted by Crippen LogP contribution is -2.65. The number of carbonyl (C=O) groups excluding carboxylic acids is 1.